The van der Waals surface area contributed by atoms with Crippen LogP contribution in [0.3, 0.4) is 0 Å². The normalized spacial score (nSPS) is 14.0. The second kappa shape index (κ2) is 59.1. The van der Waals surface area contributed by atoms with Crippen LogP contribution in [0, 0.1) is 0 Å². The quantitative estimate of drug-likeness (QED) is 0.0243. The molecule has 9 heteroatoms. The molecule has 77 heavy (non-hydrogen) atoms. The molecule has 0 heterocycles. The number of allylic oxidation sites excluding steroid dienone is 7. The smallest absolute Gasteiger partial charge is 0.387 e. The highest BCUT2D eigenvalue weighted by molar-refractivity contribution is 7.47. The van der Waals surface area contributed by atoms with Crippen LogP contribution in [0.2, 0.25) is 0 Å². The highest BCUT2D eigenvalue weighted by atomic mass is 31.2. The SMILES string of the molecule is CCCCCCCCCCCC/C=C/CC/C=C/C(O)C(COP(=O)(O)OCC[N+](C)(C)C)NC(=O)CCCCCCCCCCCCCCCCCCC/C=C\C/C=C\CCCCCCCCCCCCCCCCC. The number of hydrogen-bond donors (Lipinski definition) is 3. The maximum Gasteiger partial charge on any atom is 0.472 e. The van der Waals surface area contributed by atoms with Gasteiger partial charge in [0.25, 0.3) is 0 Å². The van der Waals surface area contributed by atoms with E-state index >= 15 is 0 Å². The highest BCUT2D eigenvalue weighted by Crippen LogP contribution is 2.43. The van der Waals surface area contributed by atoms with Gasteiger partial charge < -0.3 is 19.8 Å². The van der Waals surface area contributed by atoms with E-state index in [0.717, 1.165) is 44.9 Å². The van der Waals surface area contributed by atoms with E-state index in [1.165, 1.54) is 263 Å². The number of nitrogens with zero attached hydrogens (tertiary/aromatic N) is 1. The first kappa shape index (κ1) is 75.5. The molecule has 0 aromatic carbocycles. The minimum absolute atomic E-state index is 0.0566. The lowest BCUT2D eigenvalue weighted by Crippen LogP contribution is -2.45. The molecule has 3 unspecified atom stereocenters. The number of carbonyl (C=O) groups is 1. The van der Waals surface area contributed by atoms with Crippen molar-refractivity contribution >= 4 is 13.7 Å². The molecule has 0 fully saturated rings. The predicted octanol–water partition coefficient (Wildman–Crippen LogP) is 21.1. The number of phosphoric acid groups is 1. The van der Waals surface area contributed by atoms with Crippen LogP contribution in [-0.4, -0.2) is 73.4 Å². The molecule has 454 valence electrons. The zero-order valence-electron chi connectivity index (χ0n) is 52.0. The van der Waals surface area contributed by atoms with Crippen molar-refractivity contribution < 1.29 is 32.9 Å². The second-order valence-electron chi connectivity index (χ2n) is 24.2. The van der Waals surface area contributed by atoms with Gasteiger partial charge in [-0.15, -0.1) is 0 Å². The Balaban J connectivity index is 3.95. The van der Waals surface area contributed by atoms with Crippen LogP contribution in [0.4, 0.5) is 0 Å². The second-order valence-corrected chi connectivity index (χ2v) is 25.6. The van der Waals surface area contributed by atoms with E-state index in [0.29, 0.717) is 17.4 Å². The fourth-order valence-electron chi connectivity index (χ4n) is 10.0. The first-order valence-corrected chi connectivity index (χ1v) is 35.0. The van der Waals surface area contributed by atoms with Gasteiger partial charge in [0.1, 0.15) is 13.2 Å². The number of carbonyl (C=O) groups excluding carboxylic acids is 1. The van der Waals surface area contributed by atoms with Gasteiger partial charge in [0.05, 0.1) is 39.9 Å². The fourth-order valence-corrected chi connectivity index (χ4v) is 10.8. The van der Waals surface area contributed by atoms with Gasteiger partial charge in [0.15, 0.2) is 0 Å². The summed E-state index contributed by atoms with van der Waals surface area (Å²) in [5.41, 5.74) is 0. The number of aliphatic hydroxyl groups excluding tert-OH is 1. The average molecular weight is 1100 g/mol. The van der Waals surface area contributed by atoms with Crippen LogP contribution in [0.5, 0.6) is 0 Å². The van der Waals surface area contributed by atoms with Gasteiger partial charge in [-0.3, -0.25) is 13.8 Å². The minimum atomic E-state index is -4.36. The van der Waals surface area contributed by atoms with Gasteiger partial charge in [0.2, 0.25) is 5.91 Å². The first-order chi connectivity index (χ1) is 37.5. The number of unbranched alkanes of at least 4 members (excludes halogenated alkanes) is 43. The number of quaternary nitrogens is 1. The molecule has 0 aromatic heterocycles. The molecule has 0 rings (SSSR count). The van der Waals surface area contributed by atoms with Crippen LogP contribution in [0.25, 0.3) is 0 Å². The Morgan fingerprint density at radius 1 is 0.442 bits per heavy atom. The lowest BCUT2D eigenvalue weighted by molar-refractivity contribution is -0.870. The van der Waals surface area contributed by atoms with E-state index < -0.39 is 20.0 Å². The Hall–Kier alpha value is -1.54. The largest absolute Gasteiger partial charge is 0.472 e. The van der Waals surface area contributed by atoms with Crippen molar-refractivity contribution in [2.45, 2.75) is 341 Å². The van der Waals surface area contributed by atoms with Gasteiger partial charge in [-0.25, -0.2) is 4.57 Å². The Morgan fingerprint density at radius 2 is 0.753 bits per heavy atom. The third-order valence-electron chi connectivity index (χ3n) is 15.3. The third kappa shape index (κ3) is 61.9. The van der Waals surface area contributed by atoms with Gasteiger partial charge in [-0.2, -0.15) is 0 Å². The van der Waals surface area contributed by atoms with Crippen molar-refractivity contribution in [3.63, 3.8) is 0 Å². The Bertz CT molecular complexity index is 1390. The van der Waals surface area contributed by atoms with E-state index in [1.807, 2.05) is 27.2 Å². The number of aliphatic hydroxyl groups is 1. The average Bonchev–Trinajstić information content (AvgIpc) is 3.39. The molecule has 0 aliphatic carbocycles. The summed E-state index contributed by atoms with van der Waals surface area (Å²) in [6.45, 7) is 4.83. The van der Waals surface area contributed by atoms with Crippen molar-refractivity contribution in [1.82, 2.24) is 5.32 Å². The highest BCUT2D eigenvalue weighted by Gasteiger charge is 2.28. The molecule has 0 aliphatic heterocycles. The molecule has 8 nitrogen and oxygen atoms in total. The van der Waals surface area contributed by atoms with E-state index in [2.05, 4.69) is 55.6 Å². The third-order valence-corrected chi connectivity index (χ3v) is 16.3. The molecule has 0 aromatic rings. The van der Waals surface area contributed by atoms with Gasteiger partial charge >= 0.3 is 7.82 Å². The minimum Gasteiger partial charge on any atom is -0.387 e. The Morgan fingerprint density at radius 3 is 1.12 bits per heavy atom. The maximum absolute atomic E-state index is 13.0. The van der Waals surface area contributed by atoms with Crippen LogP contribution < -0.4 is 5.32 Å². The molecular formula is C68H132N2O6P+. The van der Waals surface area contributed by atoms with E-state index in [-0.39, 0.29) is 19.1 Å². The van der Waals surface area contributed by atoms with Crippen molar-refractivity contribution in [1.29, 1.82) is 0 Å². The van der Waals surface area contributed by atoms with E-state index in [9.17, 15) is 19.4 Å². The zero-order valence-corrected chi connectivity index (χ0v) is 52.9. The number of likely N-dealkylation sites (N-methyl/N-ethyl adjacent to an activating group) is 1. The molecular weight excluding hydrogens is 972 g/mol. The van der Waals surface area contributed by atoms with Gasteiger partial charge in [-0.1, -0.05) is 306 Å². The fraction of sp³-hybridized carbons (Fsp3) is 0.868. The van der Waals surface area contributed by atoms with Crippen molar-refractivity contribution in [2.24, 2.45) is 0 Å². The van der Waals surface area contributed by atoms with Gasteiger partial charge in [0, 0.05) is 6.42 Å². The van der Waals surface area contributed by atoms with Crippen LogP contribution in [-0.2, 0) is 18.4 Å². The van der Waals surface area contributed by atoms with Crippen LogP contribution in [0.15, 0.2) is 48.6 Å². The molecule has 0 saturated carbocycles. The summed E-state index contributed by atoms with van der Waals surface area (Å²) < 4.78 is 23.7. The lowest BCUT2D eigenvalue weighted by atomic mass is 10.0. The summed E-state index contributed by atoms with van der Waals surface area (Å²) >= 11 is 0. The Kier molecular flexibility index (Phi) is 57.9. The number of phosphoric ester groups is 1. The van der Waals surface area contributed by atoms with E-state index in [1.54, 1.807) is 6.08 Å². The summed E-state index contributed by atoms with van der Waals surface area (Å²) in [5, 5.41) is 13.9. The first-order valence-electron chi connectivity index (χ1n) is 33.5. The summed E-state index contributed by atoms with van der Waals surface area (Å²) in [6.07, 6.45) is 79.8. The standard InChI is InChI=1S/C68H131N2O6P/c1-6-8-10-12-14-16-18-20-22-24-25-26-27-28-29-30-31-32-33-34-35-36-37-38-39-40-41-42-43-44-45-46-48-50-52-54-56-58-60-62-68(72)69-66(65-76-77(73,74)75-64-63-70(3,4)5)67(71)61-59-57-55-53-51-49-47-23-21-19-17-15-13-11-9-7-2/h31-32,34-35,51,53,59,61,66-67,71H,6-30,33,36-50,52,54-58,60,62-65H2,1-5H3,(H-,69,72,73,74)/p+1/b32-31-,35-34-,53-51+,61-59+. The van der Waals surface area contributed by atoms with Crippen LogP contribution >= 0.6 is 7.82 Å². The summed E-state index contributed by atoms with van der Waals surface area (Å²) in [6, 6.07) is -0.864. The molecule has 0 spiro atoms. The molecule has 0 radical (unpaired) electrons. The van der Waals surface area contributed by atoms with Crippen molar-refractivity contribution in [3.05, 3.63) is 48.6 Å². The summed E-state index contributed by atoms with van der Waals surface area (Å²) in [7, 11) is 1.56. The molecule has 0 saturated heterocycles. The summed E-state index contributed by atoms with van der Waals surface area (Å²) in [5.74, 6) is -0.183. The Labute approximate surface area is 479 Å². The molecule has 0 bridgehead atoms. The van der Waals surface area contributed by atoms with Crippen molar-refractivity contribution in [2.75, 3.05) is 40.9 Å². The predicted molar refractivity (Wildman–Crippen MR) is 337 cm³/mol. The zero-order chi connectivity index (χ0) is 56.3. The number of rotatable bonds is 62. The van der Waals surface area contributed by atoms with E-state index in [4.69, 9.17) is 9.05 Å². The monoisotopic (exact) mass is 1100 g/mol. The number of amides is 1. The number of hydrogen-bond acceptors (Lipinski definition) is 5. The maximum atomic E-state index is 13.0. The van der Waals surface area contributed by atoms with Gasteiger partial charge in [-0.05, 0) is 64.2 Å². The lowest BCUT2D eigenvalue weighted by Gasteiger charge is -2.25. The molecule has 3 N–H and O–H groups in total. The topological polar surface area (TPSA) is 105 Å². The van der Waals surface area contributed by atoms with Crippen LogP contribution in [0.1, 0.15) is 328 Å². The molecule has 0 aliphatic rings. The molecule has 1 amide bonds. The molecule has 3 atom stereocenters. The number of nitrogens with one attached hydrogen (secondary N) is 1. The summed E-state index contributed by atoms with van der Waals surface area (Å²) in [4.78, 5) is 23.3. The van der Waals surface area contributed by atoms with Crippen molar-refractivity contribution in [3.8, 4) is 0 Å².